The fourth-order valence-electron chi connectivity index (χ4n) is 5.08. The van der Waals surface area contributed by atoms with Crippen LogP contribution in [-0.4, -0.2) is 28.7 Å². The molecule has 0 aliphatic heterocycles. The van der Waals surface area contributed by atoms with Gasteiger partial charge in [-0.25, -0.2) is 4.98 Å². The van der Waals surface area contributed by atoms with Crippen molar-refractivity contribution in [2.45, 2.75) is 70.0 Å². The van der Waals surface area contributed by atoms with Crippen LogP contribution in [0.15, 0.2) is 35.4 Å². The first-order chi connectivity index (χ1) is 14.7. The zero-order valence-electron chi connectivity index (χ0n) is 17.5. The fourth-order valence-corrected chi connectivity index (χ4v) is 6.33. The molecule has 1 saturated carbocycles. The minimum absolute atomic E-state index is 0.0714. The first-order valence-electron chi connectivity index (χ1n) is 11.1. The van der Waals surface area contributed by atoms with E-state index >= 15 is 0 Å². The number of benzene rings is 1. The Kier molecular flexibility index (Phi) is 5.61. The second-order valence-electron chi connectivity index (χ2n) is 8.61. The normalized spacial score (nSPS) is 19.7. The Hall–Kier alpha value is -2.18. The molecule has 5 rings (SSSR count). The third-order valence-electron chi connectivity index (χ3n) is 6.65. The number of hydrogen-bond acceptors (Lipinski definition) is 5. The zero-order valence-corrected chi connectivity index (χ0v) is 18.3. The lowest BCUT2D eigenvalue weighted by molar-refractivity contribution is 0.322. The van der Waals surface area contributed by atoms with Crippen molar-refractivity contribution >= 4 is 21.6 Å². The first-order valence-corrected chi connectivity index (χ1v) is 11.9. The van der Waals surface area contributed by atoms with Crippen molar-refractivity contribution in [3.63, 3.8) is 0 Å². The number of hydrogen-bond donors (Lipinski definition) is 1. The molecule has 0 bridgehead atoms. The predicted molar refractivity (Wildman–Crippen MR) is 122 cm³/mol. The van der Waals surface area contributed by atoms with Gasteiger partial charge in [-0.1, -0.05) is 37.5 Å². The molecular weight excluding hydrogens is 394 g/mol. The molecule has 2 aliphatic carbocycles. The number of nitrogens with one attached hydrogen (secondary N) is 1. The summed E-state index contributed by atoms with van der Waals surface area (Å²) in [4.78, 5) is 20.2. The predicted octanol–water partition coefficient (Wildman–Crippen LogP) is 4.29. The van der Waals surface area contributed by atoms with E-state index in [1.54, 1.807) is 29.3 Å². The smallest absolute Gasteiger partial charge is 0.262 e. The summed E-state index contributed by atoms with van der Waals surface area (Å²) in [6.45, 7) is 0.474. The maximum absolute atomic E-state index is 13.3. The quantitative estimate of drug-likeness (QED) is 0.665. The summed E-state index contributed by atoms with van der Waals surface area (Å²) in [5, 5.41) is 4.74. The third kappa shape index (κ3) is 3.79. The summed E-state index contributed by atoms with van der Waals surface area (Å²) < 4.78 is 7.18. The van der Waals surface area contributed by atoms with Crippen LogP contribution in [0.4, 0.5) is 0 Å². The number of nitrogens with zero attached hydrogens (tertiary/aromatic N) is 2. The molecule has 2 aromatic heterocycles. The van der Waals surface area contributed by atoms with Crippen LogP contribution < -0.4 is 15.6 Å². The monoisotopic (exact) mass is 423 g/mol. The SMILES string of the molecule is COc1ccccc1Cn1cnc2sc3c(c2c1=O)CCC(NC1CCCCC1)C3. The van der Waals surface area contributed by atoms with Gasteiger partial charge in [0.1, 0.15) is 10.6 Å². The molecule has 0 amide bonds. The van der Waals surface area contributed by atoms with E-state index in [-0.39, 0.29) is 5.56 Å². The van der Waals surface area contributed by atoms with Crippen molar-refractivity contribution in [3.05, 3.63) is 57.0 Å². The van der Waals surface area contributed by atoms with Crippen molar-refractivity contribution in [1.82, 2.24) is 14.9 Å². The lowest BCUT2D eigenvalue weighted by Crippen LogP contribution is -2.42. The van der Waals surface area contributed by atoms with Gasteiger partial charge in [0, 0.05) is 22.5 Å². The molecule has 158 valence electrons. The average molecular weight is 424 g/mol. The molecular formula is C24H29N3O2S. The van der Waals surface area contributed by atoms with Gasteiger partial charge in [-0.15, -0.1) is 11.3 Å². The molecule has 1 N–H and O–H groups in total. The minimum atomic E-state index is 0.0714. The first kappa shape index (κ1) is 19.8. The van der Waals surface area contributed by atoms with Crippen molar-refractivity contribution < 1.29 is 4.74 Å². The van der Waals surface area contributed by atoms with Gasteiger partial charge < -0.3 is 10.1 Å². The van der Waals surface area contributed by atoms with E-state index in [2.05, 4.69) is 10.3 Å². The van der Waals surface area contributed by atoms with Gasteiger partial charge in [0.25, 0.3) is 5.56 Å². The number of aryl methyl sites for hydroxylation is 1. The van der Waals surface area contributed by atoms with Crippen LogP contribution in [-0.2, 0) is 19.4 Å². The Labute approximate surface area is 181 Å². The van der Waals surface area contributed by atoms with Gasteiger partial charge >= 0.3 is 0 Å². The molecule has 3 aromatic rings. The van der Waals surface area contributed by atoms with Gasteiger partial charge in [-0.2, -0.15) is 0 Å². The van der Waals surface area contributed by atoms with Gasteiger partial charge in [0.15, 0.2) is 0 Å². The van der Waals surface area contributed by atoms with E-state index < -0.39 is 0 Å². The van der Waals surface area contributed by atoms with E-state index in [9.17, 15) is 4.79 Å². The van der Waals surface area contributed by atoms with E-state index in [4.69, 9.17) is 4.74 Å². The van der Waals surface area contributed by atoms with Crippen LogP contribution in [0.3, 0.4) is 0 Å². The van der Waals surface area contributed by atoms with Gasteiger partial charge in [0.2, 0.25) is 0 Å². The van der Waals surface area contributed by atoms with Gasteiger partial charge in [-0.05, 0) is 43.7 Å². The van der Waals surface area contributed by atoms with Crippen molar-refractivity contribution in [2.24, 2.45) is 0 Å². The third-order valence-corrected chi connectivity index (χ3v) is 7.81. The summed E-state index contributed by atoms with van der Waals surface area (Å²) in [6, 6.07) is 9.05. The molecule has 2 aliphatic rings. The van der Waals surface area contributed by atoms with Crippen LogP contribution in [0.25, 0.3) is 10.2 Å². The zero-order chi connectivity index (χ0) is 20.5. The lowest BCUT2D eigenvalue weighted by atomic mass is 9.90. The lowest BCUT2D eigenvalue weighted by Gasteiger charge is -2.30. The highest BCUT2D eigenvalue weighted by Crippen LogP contribution is 2.34. The number of aromatic nitrogens is 2. The Morgan fingerprint density at radius 3 is 2.83 bits per heavy atom. The van der Waals surface area contributed by atoms with Crippen LogP contribution in [0.5, 0.6) is 5.75 Å². The highest BCUT2D eigenvalue weighted by atomic mass is 32.1. The molecule has 6 heteroatoms. The number of fused-ring (bicyclic) bond motifs is 3. The molecule has 30 heavy (non-hydrogen) atoms. The molecule has 2 heterocycles. The fraction of sp³-hybridized carbons (Fsp3) is 0.500. The molecule has 1 atom stereocenters. The molecule has 0 saturated heterocycles. The van der Waals surface area contributed by atoms with Gasteiger partial charge in [-0.3, -0.25) is 9.36 Å². The topological polar surface area (TPSA) is 56.2 Å². The Morgan fingerprint density at radius 2 is 2.00 bits per heavy atom. The van der Waals surface area contributed by atoms with Crippen LogP contribution in [0.2, 0.25) is 0 Å². The minimum Gasteiger partial charge on any atom is -0.496 e. The largest absolute Gasteiger partial charge is 0.496 e. The van der Waals surface area contributed by atoms with E-state index in [0.29, 0.717) is 18.6 Å². The summed E-state index contributed by atoms with van der Waals surface area (Å²) in [6.07, 6.45) is 11.5. The Balaban J connectivity index is 1.41. The second kappa shape index (κ2) is 8.52. The maximum Gasteiger partial charge on any atom is 0.262 e. The van der Waals surface area contributed by atoms with Crippen LogP contribution in [0.1, 0.15) is 54.5 Å². The highest BCUT2D eigenvalue weighted by Gasteiger charge is 2.27. The molecule has 1 fully saturated rings. The van der Waals surface area contributed by atoms with Crippen LogP contribution in [0, 0.1) is 0 Å². The van der Waals surface area contributed by atoms with Crippen molar-refractivity contribution in [1.29, 1.82) is 0 Å². The molecule has 0 spiro atoms. The number of thiophene rings is 1. The molecule has 0 radical (unpaired) electrons. The number of methoxy groups -OCH3 is 1. The van der Waals surface area contributed by atoms with E-state index in [1.807, 2.05) is 24.3 Å². The Morgan fingerprint density at radius 1 is 1.17 bits per heavy atom. The standard InChI is InChI=1S/C24H29N3O2S/c1-29-20-10-6-5-7-16(20)14-27-15-25-23-22(24(27)28)19-12-11-18(13-21(19)30-23)26-17-8-3-2-4-9-17/h5-7,10,15,17-18,26H,2-4,8-9,11-14H2,1H3. The number of ether oxygens (including phenoxy) is 1. The summed E-state index contributed by atoms with van der Waals surface area (Å²) in [7, 11) is 1.66. The van der Waals surface area contributed by atoms with Gasteiger partial charge in [0.05, 0.1) is 25.4 Å². The van der Waals surface area contributed by atoms with Crippen LogP contribution >= 0.6 is 11.3 Å². The maximum atomic E-state index is 13.3. The summed E-state index contributed by atoms with van der Waals surface area (Å²) in [5.74, 6) is 0.800. The highest BCUT2D eigenvalue weighted by molar-refractivity contribution is 7.18. The molecule has 1 aromatic carbocycles. The number of rotatable bonds is 5. The second-order valence-corrected chi connectivity index (χ2v) is 9.70. The van der Waals surface area contributed by atoms with E-state index in [1.165, 1.54) is 42.5 Å². The van der Waals surface area contributed by atoms with E-state index in [0.717, 1.165) is 40.8 Å². The summed E-state index contributed by atoms with van der Waals surface area (Å²) in [5.41, 5.74) is 2.30. The summed E-state index contributed by atoms with van der Waals surface area (Å²) >= 11 is 1.71. The van der Waals surface area contributed by atoms with Crippen molar-refractivity contribution in [3.8, 4) is 5.75 Å². The Bertz CT molecular complexity index is 1100. The number of para-hydroxylation sites is 1. The average Bonchev–Trinajstić information content (AvgIpc) is 3.15. The molecule has 1 unspecified atom stereocenters. The molecule has 5 nitrogen and oxygen atoms in total. The van der Waals surface area contributed by atoms with Crippen molar-refractivity contribution in [2.75, 3.05) is 7.11 Å².